The molecule has 4 unspecified atom stereocenters. The van der Waals surface area contributed by atoms with E-state index in [0.717, 1.165) is 16.7 Å². The first kappa shape index (κ1) is 23.8. The highest BCUT2D eigenvalue weighted by Crippen LogP contribution is 2.32. The molecule has 0 radical (unpaired) electrons. The van der Waals surface area contributed by atoms with E-state index in [0.29, 0.717) is 18.5 Å². The molecule has 1 aliphatic heterocycles. The summed E-state index contributed by atoms with van der Waals surface area (Å²) in [5, 5.41) is 41.6. The van der Waals surface area contributed by atoms with Gasteiger partial charge < -0.3 is 25.7 Å². The van der Waals surface area contributed by atoms with Gasteiger partial charge in [-0.05, 0) is 61.8 Å². The number of aliphatic hydroxyl groups is 4. The van der Waals surface area contributed by atoms with E-state index in [9.17, 15) is 24.9 Å². The Hall–Kier alpha value is -2.46. The number of carbonyl (C=O) groups is 2. The van der Waals surface area contributed by atoms with Crippen molar-refractivity contribution in [3.63, 3.8) is 0 Å². The zero-order chi connectivity index (χ0) is 22.4. The second-order valence-corrected chi connectivity index (χ2v) is 7.60. The molecule has 164 valence electrons. The minimum atomic E-state index is -1.53. The third kappa shape index (κ3) is 5.57. The van der Waals surface area contributed by atoms with E-state index in [1.165, 1.54) is 7.05 Å². The number of benzene rings is 1. The molecule has 2 rings (SSSR count). The summed E-state index contributed by atoms with van der Waals surface area (Å²) < 4.78 is 0. The van der Waals surface area contributed by atoms with Crippen molar-refractivity contribution in [3.05, 3.63) is 28.8 Å². The summed E-state index contributed by atoms with van der Waals surface area (Å²) in [5.41, 5.74) is 3.67. The fourth-order valence-corrected chi connectivity index (χ4v) is 3.56. The average molecular weight is 419 g/mol. The van der Waals surface area contributed by atoms with Crippen molar-refractivity contribution in [1.82, 2.24) is 5.32 Å². The molecule has 4 atom stereocenters. The highest BCUT2D eigenvalue weighted by molar-refractivity contribution is 6.67. The van der Waals surface area contributed by atoms with Gasteiger partial charge in [0.25, 0.3) is 5.91 Å². The Kier molecular flexibility index (Phi) is 8.36. The molecular formula is C21H29N3O6. The van der Waals surface area contributed by atoms with Gasteiger partial charge in [0.1, 0.15) is 17.9 Å². The van der Waals surface area contributed by atoms with E-state index in [4.69, 9.17) is 5.11 Å². The van der Waals surface area contributed by atoms with Crippen LogP contribution in [0.4, 0.5) is 5.69 Å². The van der Waals surface area contributed by atoms with Crippen LogP contribution in [0.1, 0.15) is 29.5 Å². The van der Waals surface area contributed by atoms with Crippen LogP contribution in [-0.2, 0) is 16.0 Å². The van der Waals surface area contributed by atoms with Crippen molar-refractivity contribution < 1.29 is 30.0 Å². The number of carbonyl (C=O) groups excluding carboxylic acids is 2. The molecule has 1 aromatic rings. The number of aryl methyl sites for hydroxylation is 2. The molecule has 0 bridgehead atoms. The van der Waals surface area contributed by atoms with Crippen LogP contribution in [0.25, 0.3) is 0 Å². The van der Waals surface area contributed by atoms with Crippen molar-refractivity contribution >= 4 is 29.4 Å². The second-order valence-electron chi connectivity index (χ2n) is 7.60. The molecule has 2 amide bonds. The van der Waals surface area contributed by atoms with Crippen LogP contribution >= 0.6 is 0 Å². The Labute approximate surface area is 175 Å². The summed E-state index contributed by atoms with van der Waals surface area (Å²) in [7, 11) is 1.46. The topological polar surface area (TPSA) is 152 Å². The maximum absolute atomic E-state index is 12.5. The molecule has 1 aliphatic rings. The molecule has 30 heavy (non-hydrogen) atoms. The number of nitrogens with one attached hydrogen (secondary N) is 1. The SMILES string of the molecule is CNC(=O)/C1=N/c2cc(C)c(C)cc2CC(CC(O)C(O)C(O)CO)C\C1=N\C=O. The first-order valence-corrected chi connectivity index (χ1v) is 9.78. The number of hydrogen-bond donors (Lipinski definition) is 5. The van der Waals surface area contributed by atoms with E-state index < -0.39 is 30.8 Å². The maximum atomic E-state index is 12.5. The van der Waals surface area contributed by atoms with Crippen LogP contribution in [0, 0.1) is 19.8 Å². The van der Waals surface area contributed by atoms with E-state index in [1.54, 1.807) is 0 Å². The van der Waals surface area contributed by atoms with E-state index in [2.05, 4.69) is 15.3 Å². The summed E-state index contributed by atoms with van der Waals surface area (Å²) >= 11 is 0. The Morgan fingerprint density at radius 2 is 1.90 bits per heavy atom. The number of aliphatic hydroxyl groups excluding tert-OH is 4. The van der Waals surface area contributed by atoms with Crippen LogP contribution in [0.2, 0.25) is 0 Å². The lowest BCUT2D eigenvalue weighted by Crippen LogP contribution is -2.41. The molecule has 0 aliphatic carbocycles. The van der Waals surface area contributed by atoms with Crippen LogP contribution in [0.5, 0.6) is 0 Å². The Morgan fingerprint density at radius 1 is 1.23 bits per heavy atom. The lowest BCUT2D eigenvalue weighted by atomic mass is 9.84. The van der Waals surface area contributed by atoms with Crippen LogP contribution < -0.4 is 5.32 Å². The van der Waals surface area contributed by atoms with Gasteiger partial charge in [-0.1, -0.05) is 6.07 Å². The third-order valence-electron chi connectivity index (χ3n) is 5.39. The molecule has 9 nitrogen and oxygen atoms in total. The number of amides is 2. The predicted octanol–water partition coefficient (Wildman–Crippen LogP) is -0.253. The van der Waals surface area contributed by atoms with Gasteiger partial charge in [0.2, 0.25) is 6.41 Å². The molecular weight excluding hydrogens is 390 g/mol. The Bertz CT molecular complexity index is 851. The minimum Gasteiger partial charge on any atom is -0.394 e. The molecule has 0 aromatic heterocycles. The number of nitrogens with zero attached hydrogens (tertiary/aromatic N) is 2. The highest BCUT2D eigenvalue weighted by Gasteiger charge is 2.31. The number of fused-ring (bicyclic) bond motifs is 1. The zero-order valence-corrected chi connectivity index (χ0v) is 17.4. The first-order chi connectivity index (χ1) is 14.2. The molecule has 0 saturated carbocycles. The quantitative estimate of drug-likeness (QED) is 0.384. The van der Waals surface area contributed by atoms with Crippen molar-refractivity contribution in [2.75, 3.05) is 13.7 Å². The Morgan fingerprint density at radius 3 is 2.50 bits per heavy atom. The molecule has 0 fully saturated rings. The highest BCUT2D eigenvalue weighted by atomic mass is 16.4. The lowest BCUT2D eigenvalue weighted by Gasteiger charge is -2.28. The second kappa shape index (κ2) is 10.5. The van der Waals surface area contributed by atoms with Crippen molar-refractivity contribution in [1.29, 1.82) is 0 Å². The van der Waals surface area contributed by atoms with Crippen LogP contribution in [-0.4, -0.2) is 76.1 Å². The molecule has 0 saturated heterocycles. The number of hydrogen-bond acceptors (Lipinski definition) is 7. The monoisotopic (exact) mass is 419 g/mol. The van der Waals surface area contributed by atoms with E-state index in [-0.39, 0.29) is 30.2 Å². The standard InChI is InChI=1S/C21H29N3O6/c1-11-4-14-6-13(8-17(27)20(29)18(28)9-25)7-16(23-10-26)19(21(30)22-3)24-15(14)5-12(11)2/h4-5,10,13,17-18,20,25,27-29H,6-9H2,1-3H3,(H,22,30)/b23-16-,24-19+. The number of rotatable bonds is 7. The molecule has 0 spiro atoms. The van der Waals surface area contributed by atoms with Crippen LogP contribution in [0.3, 0.4) is 0 Å². The fourth-order valence-electron chi connectivity index (χ4n) is 3.56. The van der Waals surface area contributed by atoms with Crippen molar-refractivity contribution in [2.24, 2.45) is 15.9 Å². The van der Waals surface area contributed by atoms with Gasteiger partial charge in [0.05, 0.1) is 24.1 Å². The molecule has 1 aromatic carbocycles. The summed E-state index contributed by atoms with van der Waals surface area (Å²) in [6, 6.07) is 3.82. The van der Waals surface area contributed by atoms with Crippen molar-refractivity contribution in [2.45, 2.75) is 51.4 Å². The van der Waals surface area contributed by atoms with Gasteiger partial charge >= 0.3 is 0 Å². The largest absolute Gasteiger partial charge is 0.394 e. The summed E-state index contributed by atoms with van der Waals surface area (Å²) in [6.45, 7) is 3.20. The molecule has 9 heteroatoms. The molecule has 5 N–H and O–H groups in total. The van der Waals surface area contributed by atoms with E-state index in [1.807, 2.05) is 26.0 Å². The predicted molar refractivity (Wildman–Crippen MR) is 112 cm³/mol. The van der Waals surface area contributed by atoms with Gasteiger partial charge in [-0.15, -0.1) is 0 Å². The lowest BCUT2D eigenvalue weighted by molar-refractivity contribution is -0.114. The third-order valence-corrected chi connectivity index (χ3v) is 5.39. The maximum Gasteiger partial charge on any atom is 0.271 e. The zero-order valence-electron chi connectivity index (χ0n) is 17.4. The Balaban J connectivity index is 2.52. The smallest absolute Gasteiger partial charge is 0.271 e. The normalized spacial score (nSPS) is 22.7. The number of aliphatic imine (C=N–C) groups is 2. The van der Waals surface area contributed by atoms with Gasteiger partial charge in [-0.25, -0.2) is 9.98 Å². The fraction of sp³-hybridized carbons (Fsp3) is 0.524. The molecule has 1 heterocycles. The average Bonchev–Trinajstić information content (AvgIpc) is 2.71. The summed E-state index contributed by atoms with van der Waals surface area (Å²) in [4.78, 5) is 31.9. The summed E-state index contributed by atoms with van der Waals surface area (Å²) in [5.74, 6) is -0.799. The minimum absolute atomic E-state index is 0.0178. The summed E-state index contributed by atoms with van der Waals surface area (Å²) in [6.07, 6.45) is -3.30. The van der Waals surface area contributed by atoms with E-state index >= 15 is 0 Å². The van der Waals surface area contributed by atoms with Gasteiger partial charge in [0, 0.05) is 7.05 Å². The van der Waals surface area contributed by atoms with Gasteiger partial charge in [-0.2, -0.15) is 0 Å². The van der Waals surface area contributed by atoms with Crippen LogP contribution in [0.15, 0.2) is 22.1 Å². The van der Waals surface area contributed by atoms with Gasteiger partial charge in [0.15, 0.2) is 0 Å². The van der Waals surface area contributed by atoms with Crippen molar-refractivity contribution in [3.8, 4) is 0 Å². The first-order valence-electron chi connectivity index (χ1n) is 9.78. The van der Waals surface area contributed by atoms with Gasteiger partial charge in [-0.3, -0.25) is 9.59 Å².